The van der Waals surface area contributed by atoms with Crippen LogP contribution in [0.5, 0.6) is 0 Å². The van der Waals surface area contributed by atoms with Crippen molar-refractivity contribution in [3.05, 3.63) is 106 Å². The van der Waals surface area contributed by atoms with Crippen molar-refractivity contribution in [1.82, 2.24) is 19.9 Å². The van der Waals surface area contributed by atoms with Crippen molar-refractivity contribution in [2.45, 2.75) is 6.92 Å². The normalized spacial score (nSPS) is 10.1. The first-order valence-corrected chi connectivity index (χ1v) is 11.2. The van der Waals surface area contributed by atoms with E-state index in [1.165, 1.54) is 0 Å². The van der Waals surface area contributed by atoms with Crippen LogP contribution in [-0.4, -0.2) is 31.9 Å². The summed E-state index contributed by atoms with van der Waals surface area (Å²) in [7, 11) is 0. The lowest BCUT2D eigenvalue weighted by molar-refractivity contribution is 0.100. The van der Waals surface area contributed by atoms with E-state index in [4.69, 9.17) is 17.1 Å². The topological polar surface area (TPSA) is 159 Å². The van der Waals surface area contributed by atoms with Gasteiger partial charge in [0.1, 0.15) is 5.15 Å². The van der Waals surface area contributed by atoms with Gasteiger partial charge in [-0.05, 0) is 64.7 Å². The van der Waals surface area contributed by atoms with E-state index in [1.54, 1.807) is 56.0 Å². The first-order chi connectivity index (χ1) is 17.9. The van der Waals surface area contributed by atoms with Gasteiger partial charge in [-0.1, -0.05) is 29.8 Å². The molecule has 0 unspecified atom stereocenters. The standard InChI is InChI=1S/C15H12ClN5O.C10H6N4O/c1-9-6-13(16)20-14(18-9)21-15(22)19-12-3-2-10-4-5-17-8-11(10)7-12;11-14-13-10(15)8-2-1-7-3-4-12-6-9(7)5-8/h2-8H,1H3,(H2,18,19,20,21,22);1-6H. The van der Waals surface area contributed by atoms with Crippen molar-refractivity contribution in [3.8, 4) is 0 Å². The molecule has 2 N–H and O–H groups in total. The third kappa shape index (κ3) is 6.73. The lowest BCUT2D eigenvalue weighted by Crippen LogP contribution is -2.21. The minimum Gasteiger partial charge on any atom is -0.308 e. The fourth-order valence-corrected chi connectivity index (χ4v) is 3.57. The number of hydrogen-bond acceptors (Lipinski definition) is 6. The summed E-state index contributed by atoms with van der Waals surface area (Å²) in [5, 5.41) is 12.4. The Morgan fingerprint density at radius 2 is 1.54 bits per heavy atom. The number of carbonyl (C=O) groups is 2. The second-order valence-electron chi connectivity index (χ2n) is 7.60. The average Bonchev–Trinajstić information content (AvgIpc) is 2.88. The van der Waals surface area contributed by atoms with Crippen LogP contribution < -0.4 is 10.6 Å². The molecule has 182 valence electrons. The molecule has 2 aromatic carbocycles. The molecule has 0 aliphatic carbocycles. The smallest absolute Gasteiger partial charge is 0.308 e. The van der Waals surface area contributed by atoms with Gasteiger partial charge in [-0.3, -0.25) is 20.1 Å². The molecule has 3 heterocycles. The van der Waals surface area contributed by atoms with Gasteiger partial charge in [-0.15, -0.1) is 0 Å². The first kappa shape index (κ1) is 25.0. The fourth-order valence-electron chi connectivity index (χ4n) is 3.33. The number of aromatic nitrogens is 4. The average molecular weight is 512 g/mol. The van der Waals surface area contributed by atoms with Crippen LogP contribution in [0.3, 0.4) is 0 Å². The van der Waals surface area contributed by atoms with E-state index in [1.807, 2.05) is 30.3 Å². The van der Waals surface area contributed by atoms with Crippen LogP contribution in [-0.2, 0) is 0 Å². The van der Waals surface area contributed by atoms with E-state index in [9.17, 15) is 9.59 Å². The highest BCUT2D eigenvalue weighted by atomic mass is 35.5. The number of hydrogen-bond donors (Lipinski definition) is 2. The third-order valence-corrected chi connectivity index (χ3v) is 5.16. The van der Waals surface area contributed by atoms with Crippen LogP contribution in [0.4, 0.5) is 16.4 Å². The van der Waals surface area contributed by atoms with Crippen molar-refractivity contribution < 1.29 is 9.59 Å². The number of pyridine rings is 2. The van der Waals surface area contributed by atoms with Gasteiger partial charge in [0, 0.05) is 57.4 Å². The van der Waals surface area contributed by atoms with E-state index in [0.717, 1.165) is 21.5 Å². The van der Waals surface area contributed by atoms with E-state index in [0.29, 0.717) is 16.9 Å². The number of anilines is 2. The predicted octanol–water partition coefficient (Wildman–Crippen LogP) is 6.32. The van der Waals surface area contributed by atoms with Gasteiger partial charge < -0.3 is 5.32 Å². The Morgan fingerprint density at radius 3 is 2.22 bits per heavy atom. The fraction of sp³-hybridized carbons (Fsp3) is 0.0400. The summed E-state index contributed by atoms with van der Waals surface area (Å²) >= 11 is 5.83. The Labute approximate surface area is 215 Å². The number of fused-ring (bicyclic) bond motifs is 2. The van der Waals surface area contributed by atoms with Crippen LogP contribution in [0.15, 0.2) is 84.5 Å². The molecule has 37 heavy (non-hydrogen) atoms. The van der Waals surface area contributed by atoms with Crippen molar-refractivity contribution in [2.75, 3.05) is 10.6 Å². The number of carbonyl (C=O) groups excluding carboxylic acids is 2. The summed E-state index contributed by atoms with van der Waals surface area (Å²) < 4.78 is 0. The van der Waals surface area contributed by atoms with E-state index >= 15 is 0 Å². The second-order valence-corrected chi connectivity index (χ2v) is 7.99. The summed E-state index contributed by atoms with van der Waals surface area (Å²) in [5.74, 6) is -0.423. The molecule has 0 aliphatic rings. The maximum Gasteiger partial charge on any atom is 0.326 e. The number of rotatable bonds is 3. The van der Waals surface area contributed by atoms with Crippen LogP contribution in [0.25, 0.3) is 32.0 Å². The molecule has 0 aliphatic heterocycles. The monoisotopic (exact) mass is 511 g/mol. The molecule has 0 saturated heterocycles. The Kier molecular flexibility index (Phi) is 7.79. The highest BCUT2D eigenvalue weighted by Crippen LogP contribution is 2.18. The molecule has 11 nitrogen and oxygen atoms in total. The largest absolute Gasteiger partial charge is 0.326 e. The molecule has 5 aromatic rings. The van der Waals surface area contributed by atoms with Crippen molar-refractivity contribution in [2.24, 2.45) is 5.11 Å². The third-order valence-electron chi connectivity index (χ3n) is 4.97. The number of urea groups is 1. The maximum absolute atomic E-state index is 12.0. The molecular formula is C25H18ClN9O2. The second kappa shape index (κ2) is 11.5. The summed E-state index contributed by atoms with van der Waals surface area (Å²) in [6.45, 7) is 1.77. The van der Waals surface area contributed by atoms with Crippen LogP contribution >= 0.6 is 11.6 Å². The van der Waals surface area contributed by atoms with E-state index in [-0.39, 0.29) is 11.1 Å². The van der Waals surface area contributed by atoms with E-state index in [2.05, 4.69) is 40.6 Å². The van der Waals surface area contributed by atoms with Gasteiger partial charge in [0.25, 0.3) is 0 Å². The van der Waals surface area contributed by atoms with Crippen LogP contribution in [0.1, 0.15) is 16.1 Å². The van der Waals surface area contributed by atoms with Gasteiger partial charge >= 0.3 is 6.03 Å². The molecule has 0 bridgehead atoms. The SMILES string of the molecule is Cc1cc(Cl)nc(NC(=O)Nc2ccc3ccncc3c2)n1.[N-]=[N+]=NC(=O)c1ccc2ccncc2c1. The number of nitrogens with zero attached hydrogens (tertiary/aromatic N) is 7. The number of amides is 3. The van der Waals surface area contributed by atoms with Gasteiger partial charge in [0.05, 0.1) is 0 Å². The van der Waals surface area contributed by atoms with Crippen molar-refractivity contribution >= 4 is 56.7 Å². The Balaban J connectivity index is 0.000000186. The van der Waals surface area contributed by atoms with Crippen LogP contribution in [0, 0.1) is 6.92 Å². The molecule has 5 rings (SSSR count). The van der Waals surface area contributed by atoms with Gasteiger partial charge in [0.2, 0.25) is 11.9 Å². The van der Waals surface area contributed by atoms with Crippen molar-refractivity contribution in [3.63, 3.8) is 0 Å². The molecule has 3 aromatic heterocycles. The molecule has 0 radical (unpaired) electrons. The minimum atomic E-state index is -0.580. The van der Waals surface area contributed by atoms with Gasteiger partial charge in [-0.25, -0.2) is 14.8 Å². The summed E-state index contributed by atoms with van der Waals surface area (Å²) in [5.41, 5.74) is 9.83. The highest BCUT2D eigenvalue weighted by molar-refractivity contribution is 6.29. The first-order valence-electron chi connectivity index (χ1n) is 10.8. The molecule has 0 saturated carbocycles. The lowest BCUT2D eigenvalue weighted by atomic mass is 10.1. The number of aryl methyl sites for hydroxylation is 1. The van der Waals surface area contributed by atoms with Crippen molar-refractivity contribution in [1.29, 1.82) is 0 Å². The lowest BCUT2D eigenvalue weighted by Gasteiger charge is -2.08. The minimum absolute atomic E-state index is 0.157. The molecule has 0 fully saturated rings. The molecule has 3 amide bonds. The number of benzene rings is 2. The predicted molar refractivity (Wildman–Crippen MR) is 141 cm³/mol. The molecule has 0 spiro atoms. The number of azide groups is 1. The summed E-state index contributed by atoms with van der Waals surface area (Å²) in [6.07, 6.45) is 6.79. The quantitative estimate of drug-likeness (QED) is 0.125. The summed E-state index contributed by atoms with van der Waals surface area (Å²) in [4.78, 5) is 41.7. The van der Waals surface area contributed by atoms with Gasteiger partial charge in [-0.2, -0.15) is 0 Å². The zero-order valence-electron chi connectivity index (χ0n) is 19.3. The molecule has 12 heteroatoms. The zero-order chi connectivity index (χ0) is 26.2. The number of halogens is 1. The zero-order valence-corrected chi connectivity index (χ0v) is 20.1. The Hall–Kier alpha value is -5.12. The highest BCUT2D eigenvalue weighted by Gasteiger charge is 2.07. The maximum atomic E-state index is 12.0. The Bertz CT molecular complexity index is 1650. The molecule has 0 atom stereocenters. The van der Waals surface area contributed by atoms with E-state index < -0.39 is 11.9 Å². The number of nitrogens with one attached hydrogen (secondary N) is 2. The Morgan fingerprint density at radius 1 is 0.865 bits per heavy atom. The van der Waals surface area contributed by atoms with Crippen LogP contribution in [0.2, 0.25) is 5.15 Å². The summed E-state index contributed by atoms with van der Waals surface area (Å²) in [6, 6.07) is 15.5. The molecular weight excluding hydrogens is 494 g/mol. The van der Waals surface area contributed by atoms with Gasteiger partial charge in [0.15, 0.2) is 0 Å².